The van der Waals surface area contributed by atoms with Crippen LogP contribution in [0.4, 0.5) is 0 Å². The van der Waals surface area contributed by atoms with Gasteiger partial charge in [-0.3, -0.25) is 0 Å². The maximum Gasteiger partial charge on any atom is 0.240 e. The summed E-state index contributed by atoms with van der Waals surface area (Å²) in [5.74, 6) is 0.613. The SMILES string of the molecule is CCCCCCNS(=O)(=O)c1ccc(OC)c(Br)c1. The van der Waals surface area contributed by atoms with Crippen LogP contribution in [-0.2, 0) is 10.0 Å². The largest absolute Gasteiger partial charge is 0.496 e. The van der Waals surface area contributed by atoms with Gasteiger partial charge in [0.1, 0.15) is 5.75 Å². The first-order chi connectivity index (χ1) is 9.01. The van der Waals surface area contributed by atoms with Gasteiger partial charge in [-0.1, -0.05) is 26.2 Å². The second-order valence-electron chi connectivity index (χ2n) is 4.25. The van der Waals surface area contributed by atoms with E-state index in [4.69, 9.17) is 4.74 Å². The van der Waals surface area contributed by atoms with Crippen LogP contribution in [0.1, 0.15) is 32.6 Å². The number of rotatable bonds is 8. The molecule has 0 saturated carbocycles. The number of methoxy groups -OCH3 is 1. The van der Waals surface area contributed by atoms with Gasteiger partial charge in [-0.2, -0.15) is 0 Å². The van der Waals surface area contributed by atoms with Gasteiger partial charge < -0.3 is 4.74 Å². The minimum absolute atomic E-state index is 0.246. The molecule has 0 radical (unpaired) electrons. The van der Waals surface area contributed by atoms with E-state index in [0.29, 0.717) is 16.8 Å². The Morgan fingerprint density at radius 3 is 2.58 bits per heavy atom. The van der Waals surface area contributed by atoms with E-state index in [2.05, 4.69) is 27.6 Å². The molecule has 0 aromatic heterocycles. The highest BCUT2D eigenvalue weighted by Gasteiger charge is 2.14. The summed E-state index contributed by atoms with van der Waals surface area (Å²) in [6.45, 7) is 2.60. The molecule has 1 aromatic rings. The van der Waals surface area contributed by atoms with E-state index >= 15 is 0 Å². The molecule has 0 saturated heterocycles. The van der Waals surface area contributed by atoms with Crippen LogP contribution < -0.4 is 9.46 Å². The monoisotopic (exact) mass is 349 g/mol. The van der Waals surface area contributed by atoms with Gasteiger partial charge in [0.05, 0.1) is 16.5 Å². The van der Waals surface area contributed by atoms with Crippen molar-refractivity contribution in [3.63, 3.8) is 0 Å². The molecule has 1 aromatic carbocycles. The van der Waals surface area contributed by atoms with Crippen molar-refractivity contribution in [3.8, 4) is 5.75 Å². The van der Waals surface area contributed by atoms with Crippen molar-refractivity contribution in [1.29, 1.82) is 0 Å². The molecule has 0 atom stereocenters. The van der Waals surface area contributed by atoms with Crippen molar-refractivity contribution in [2.24, 2.45) is 0 Å². The summed E-state index contributed by atoms with van der Waals surface area (Å²) in [7, 11) is -1.89. The maximum atomic E-state index is 12.0. The van der Waals surface area contributed by atoms with Gasteiger partial charge in [0, 0.05) is 6.54 Å². The van der Waals surface area contributed by atoms with Crippen LogP contribution in [0.5, 0.6) is 5.75 Å². The summed E-state index contributed by atoms with van der Waals surface area (Å²) in [6, 6.07) is 4.72. The van der Waals surface area contributed by atoms with Crippen molar-refractivity contribution in [3.05, 3.63) is 22.7 Å². The van der Waals surface area contributed by atoms with Crippen LogP contribution >= 0.6 is 15.9 Å². The Bertz CT molecular complexity index is 503. The fourth-order valence-electron chi connectivity index (χ4n) is 1.66. The third-order valence-electron chi connectivity index (χ3n) is 2.76. The minimum Gasteiger partial charge on any atom is -0.496 e. The van der Waals surface area contributed by atoms with Crippen molar-refractivity contribution in [1.82, 2.24) is 4.72 Å². The van der Waals surface area contributed by atoms with E-state index < -0.39 is 10.0 Å². The molecule has 0 spiro atoms. The lowest BCUT2D eigenvalue weighted by Crippen LogP contribution is -2.24. The third kappa shape index (κ3) is 5.12. The number of hydrogen-bond acceptors (Lipinski definition) is 3. The zero-order valence-corrected chi connectivity index (χ0v) is 13.7. The number of ether oxygens (including phenoxy) is 1. The van der Waals surface area contributed by atoms with Gasteiger partial charge in [0.2, 0.25) is 10.0 Å². The lowest BCUT2D eigenvalue weighted by atomic mass is 10.2. The zero-order chi connectivity index (χ0) is 14.3. The van der Waals surface area contributed by atoms with Crippen molar-refractivity contribution >= 4 is 26.0 Å². The normalized spacial score (nSPS) is 11.5. The summed E-state index contributed by atoms with van der Waals surface area (Å²) in [5, 5.41) is 0. The van der Waals surface area contributed by atoms with Gasteiger partial charge in [0.25, 0.3) is 0 Å². The molecule has 19 heavy (non-hydrogen) atoms. The summed E-state index contributed by atoms with van der Waals surface area (Å²) in [4.78, 5) is 0.246. The van der Waals surface area contributed by atoms with E-state index in [1.807, 2.05) is 0 Å². The Morgan fingerprint density at radius 1 is 1.26 bits per heavy atom. The number of halogens is 1. The molecule has 0 heterocycles. The Hall–Kier alpha value is -0.590. The van der Waals surface area contributed by atoms with E-state index in [0.717, 1.165) is 25.7 Å². The molecule has 108 valence electrons. The zero-order valence-electron chi connectivity index (χ0n) is 11.3. The Morgan fingerprint density at radius 2 is 2.00 bits per heavy atom. The molecular weight excluding hydrogens is 330 g/mol. The van der Waals surface area contributed by atoms with Crippen LogP contribution in [0.15, 0.2) is 27.6 Å². The third-order valence-corrected chi connectivity index (χ3v) is 4.83. The van der Waals surface area contributed by atoms with Crippen LogP contribution in [0.3, 0.4) is 0 Å². The molecule has 0 unspecified atom stereocenters. The molecule has 0 aliphatic rings. The first kappa shape index (κ1) is 16.5. The highest BCUT2D eigenvalue weighted by atomic mass is 79.9. The number of sulfonamides is 1. The lowest BCUT2D eigenvalue weighted by molar-refractivity contribution is 0.411. The van der Waals surface area contributed by atoms with Crippen LogP contribution in [-0.4, -0.2) is 22.1 Å². The minimum atomic E-state index is -3.43. The molecule has 1 rings (SSSR count). The standard InChI is InChI=1S/C13H20BrNO3S/c1-3-4-5-6-9-15-19(16,17)11-7-8-13(18-2)12(14)10-11/h7-8,10,15H,3-6,9H2,1-2H3. The summed E-state index contributed by atoms with van der Waals surface area (Å²) >= 11 is 3.28. The Balaban J connectivity index is 2.64. The Kier molecular flexibility index (Phi) is 6.82. The molecule has 4 nitrogen and oxygen atoms in total. The van der Waals surface area contributed by atoms with E-state index in [-0.39, 0.29) is 4.90 Å². The van der Waals surface area contributed by atoms with Gasteiger partial charge in [0.15, 0.2) is 0 Å². The quantitative estimate of drug-likeness (QED) is 0.732. The first-order valence-electron chi connectivity index (χ1n) is 6.34. The Labute approximate surface area is 123 Å². The second-order valence-corrected chi connectivity index (χ2v) is 6.88. The number of nitrogens with one attached hydrogen (secondary N) is 1. The fourth-order valence-corrected chi connectivity index (χ4v) is 3.45. The number of hydrogen-bond donors (Lipinski definition) is 1. The van der Waals surface area contributed by atoms with Gasteiger partial charge >= 0.3 is 0 Å². The lowest BCUT2D eigenvalue weighted by Gasteiger charge is -2.09. The molecule has 0 amide bonds. The van der Waals surface area contributed by atoms with Crippen molar-refractivity contribution in [2.75, 3.05) is 13.7 Å². The van der Waals surface area contributed by atoms with E-state index in [1.165, 1.54) is 6.07 Å². The highest BCUT2D eigenvalue weighted by Crippen LogP contribution is 2.27. The molecular formula is C13H20BrNO3S. The molecule has 1 N–H and O–H groups in total. The maximum absolute atomic E-state index is 12.0. The van der Waals surface area contributed by atoms with E-state index in [9.17, 15) is 8.42 Å². The van der Waals surface area contributed by atoms with Crippen LogP contribution in [0.25, 0.3) is 0 Å². The van der Waals surface area contributed by atoms with Gasteiger partial charge in [-0.05, 0) is 40.5 Å². The van der Waals surface area contributed by atoms with Crippen molar-refractivity contribution < 1.29 is 13.2 Å². The predicted molar refractivity (Wildman–Crippen MR) is 80.0 cm³/mol. The number of unbranched alkanes of at least 4 members (excludes halogenated alkanes) is 3. The molecule has 0 fully saturated rings. The van der Waals surface area contributed by atoms with Crippen LogP contribution in [0.2, 0.25) is 0 Å². The van der Waals surface area contributed by atoms with Gasteiger partial charge in [-0.15, -0.1) is 0 Å². The predicted octanol–water partition coefficient (Wildman–Crippen LogP) is 3.32. The average Bonchev–Trinajstić information content (AvgIpc) is 2.38. The van der Waals surface area contributed by atoms with Crippen LogP contribution in [0, 0.1) is 0 Å². The first-order valence-corrected chi connectivity index (χ1v) is 8.62. The molecule has 0 aliphatic heterocycles. The second kappa shape index (κ2) is 7.87. The van der Waals surface area contributed by atoms with E-state index in [1.54, 1.807) is 19.2 Å². The topological polar surface area (TPSA) is 55.4 Å². The average molecular weight is 350 g/mol. The molecule has 0 aliphatic carbocycles. The van der Waals surface area contributed by atoms with Crippen molar-refractivity contribution in [2.45, 2.75) is 37.5 Å². The van der Waals surface area contributed by atoms with Gasteiger partial charge in [-0.25, -0.2) is 13.1 Å². The molecule has 0 bridgehead atoms. The highest BCUT2D eigenvalue weighted by molar-refractivity contribution is 9.10. The summed E-state index contributed by atoms with van der Waals surface area (Å²) in [5.41, 5.74) is 0. The summed E-state index contributed by atoms with van der Waals surface area (Å²) in [6.07, 6.45) is 4.18. The number of benzene rings is 1. The smallest absolute Gasteiger partial charge is 0.240 e. The molecule has 6 heteroatoms. The fraction of sp³-hybridized carbons (Fsp3) is 0.538. The summed E-state index contributed by atoms with van der Waals surface area (Å²) < 4.78 is 32.4.